The zero-order valence-corrected chi connectivity index (χ0v) is 14.2. The normalized spacial score (nSPS) is 20.7. The first-order valence-corrected chi connectivity index (χ1v) is 8.91. The van der Waals surface area contributed by atoms with E-state index in [1.165, 1.54) is 6.07 Å². The SMILES string of the molecule is NC1CCC(Nc2nc3ccccc3n2Cc2cccc(F)c2)CC1. The Bertz CT molecular complexity index is 865. The van der Waals surface area contributed by atoms with E-state index < -0.39 is 0 Å². The molecule has 5 heteroatoms. The van der Waals surface area contributed by atoms with Crippen LogP contribution in [0.5, 0.6) is 0 Å². The number of imidazole rings is 1. The van der Waals surface area contributed by atoms with Crippen molar-refractivity contribution in [2.75, 3.05) is 5.32 Å². The van der Waals surface area contributed by atoms with Gasteiger partial charge >= 0.3 is 0 Å². The van der Waals surface area contributed by atoms with Crippen LogP contribution < -0.4 is 11.1 Å². The van der Waals surface area contributed by atoms with E-state index in [4.69, 9.17) is 10.7 Å². The number of hydrogen-bond acceptors (Lipinski definition) is 3. The van der Waals surface area contributed by atoms with Crippen LogP contribution >= 0.6 is 0 Å². The van der Waals surface area contributed by atoms with Crippen molar-refractivity contribution >= 4 is 17.0 Å². The van der Waals surface area contributed by atoms with Crippen molar-refractivity contribution < 1.29 is 4.39 Å². The molecule has 2 aromatic carbocycles. The number of para-hydroxylation sites is 2. The van der Waals surface area contributed by atoms with Gasteiger partial charge in [0.25, 0.3) is 0 Å². The molecule has 0 bridgehead atoms. The minimum Gasteiger partial charge on any atom is -0.353 e. The summed E-state index contributed by atoms with van der Waals surface area (Å²) in [6.07, 6.45) is 4.21. The summed E-state index contributed by atoms with van der Waals surface area (Å²) in [6, 6.07) is 15.5. The molecule has 1 aromatic heterocycles. The average Bonchev–Trinajstić information content (AvgIpc) is 2.94. The van der Waals surface area contributed by atoms with E-state index in [2.05, 4.69) is 16.0 Å². The molecule has 130 valence electrons. The number of rotatable bonds is 4. The summed E-state index contributed by atoms with van der Waals surface area (Å²) in [4.78, 5) is 4.77. The van der Waals surface area contributed by atoms with Crippen molar-refractivity contribution in [3.8, 4) is 0 Å². The molecule has 0 amide bonds. The summed E-state index contributed by atoms with van der Waals surface area (Å²) < 4.78 is 15.7. The van der Waals surface area contributed by atoms with Crippen LogP contribution in [0.3, 0.4) is 0 Å². The van der Waals surface area contributed by atoms with Crippen LogP contribution in [0.1, 0.15) is 31.2 Å². The lowest BCUT2D eigenvalue weighted by Gasteiger charge is -2.27. The number of nitrogens with one attached hydrogen (secondary N) is 1. The van der Waals surface area contributed by atoms with Gasteiger partial charge in [-0.15, -0.1) is 0 Å². The summed E-state index contributed by atoms with van der Waals surface area (Å²) in [5.41, 5.74) is 8.95. The Morgan fingerprint density at radius 3 is 2.68 bits per heavy atom. The third kappa shape index (κ3) is 3.51. The fraction of sp³-hybridized carbons (Fsp3) is 0.350. The maximum Gasteiger partial charge on any atom is 0.204 e. The highest BCUT2D eigenvalue weighted by atomic mass is 19.1. The molecule has 0 atom stereocenters. The first-order valence-electron chi connectivity index (χ1n) is 8.91. The van der Waals surface area contributed by atoms with Crippen molar-refractivity contribution in [2.45, 2.75) is 44.3 Å². The van der Waals surface area contributed by atoms with Gasteiger partial charge in [0.15, 0.2) is 0 Å². The molecular weight excluding hydrogens is 315 g/mol. The van der Waals surface area contributed by atoms with Crippen molar-refractivity contribution in [3.05, 3.63) is 59.9 Å². The molecule has 1 heterocycles. The van der Waals surface area contributed by atoms with Crippen LogP contribution in [0.2, 0.25) is 0 Å². The monoisotopic (exact) mass is 338 g/mol. The minimum absolute atomic E-state index is 0.210. The van der Waals surface area contributed by atoms with Crippen molar-refractivity contribution in [3.63, 3.8) is 0 Å². The smallest absolute Gasteiger partial charge is 0.204 e. The molecule has 0 aliphatic heterocycles. The van der Waals surface area contributed by atoms with Crippen LogP contribution in [0.4, 0.5) is 10.3 Å². The van der Waals surface area contributed by atoms with Crippen LogP contribution in [0.25, 0.3) is 11.0 Å². The summed E-state index contributed by atoms with van der Waals surface area (Å²) in [5.74, 6) is 0.642. The minimum atomic E-state index is -0.210. The molecule has 1 saturated carbocycles. The fourth-order valence-electron chi connectivity index (χ4n) is 3.61. The predicted octanol–water partition coefficient (Wildman–Crippen LogP) is 3.91. The first kappa shape index (κ1) is 16.1. The van der Waals surface area contributed by atoms with E-state index in [0.29, 0.717) is 18.6 Å². The highest BCUT2D eigenvalue weighted by Crippen LogP contribution is 2.25. The third-order valence-electron chi connectivity index (χ3n) is 4.99. The zero-order chi connectivity index (χ0) is 17.2. The average molecular weight is 338 g/mol. The predicted molar refractivity (Wildman–Crippen MR) is 99.1 cm³/mol. The van der Waals surface area contributed by atoms with Gasteiger partial charge in [-0.2, -0.15) is 0 Å². The highest BCUT2D eigenvalue weighted by molar-refractivity contribution is 5.78. The summed E-state index contributed by atoms with van der Waals surface area (Å²) in [5, 5.41) is 3.60. The number of nitrogens with two attached hydrogens (primary N) is 1. The molecule has 3 aromatic rings. The van der Waals surface area contributed by atoms with E-state index in [0.717, 1.165) is 48.2 Å². The molecule has 0 spiro atoms. The molecule has 1 fully saturated rings. The third-order valence-corrected chi connectivity index (χ3v) is 4.99. The van der Waals surface area contributed by atoms with Crippen LogP contribution in [0, 0.1) is 5.82 Å². The van der Waals surface area contributed by atoms with Gasteiger partial charge in [-0.05, 0) is 55.5 Å². The van der Waals surface area contributed by atoms with E-state index in [1.54, 1.807) is 12.1 Å². The molecular formula is C20H23FN4. The largest absolute Gasteiger partial charge is 0.353 e. The van der Waals surface area contributed by atoms with Gasteiger partial charge in [-0.3, -0.25) is 0 Å². The lowest BCUT2D eigenvalue weighted by molar-refractivity contribution is 0.409. The Labute approximate surface area is 146 Å². The van der Waals surface area contributed by atoms with E-state index in [1.807, 2.05) is 24.3 Å². The highest BCUT2D eigenvalue weighted by Gasteiger charge is 2.21. The Morgan fingerprint density at radius 1 is 1.08 bits per heavy atom. The molecule has 0 saturated heterocycles. The van der Waals surface area contributed by atoms with Gasteiger partial charge in [-0.1, -0.05) is 24.3 Å². The number of hydrogen-bond donors (Lipinski definition) is 2. The Morgan fingerprint density at radius 2 is 1.88 bits per heavy atom. The van der Waals surface area contributed by atoms with Gasteiger partial charge in [-0.25, -0.2) is 9.37 Å². The van der Waals surface area contributed by atoms with Gasteiger partial charge in [0.1, 0.15) is 5.82 Å². The Balaban J connectivity index is 1.66. The second-order valence-electron chi connectivity index (χ2n) is 6.90. The Kier molecular flexibility index (Phi) is 4.40. The summed E-state index contributed by atoms with van der Waals surface area (Å²) in [7, 11) is 0. The maximum absolute atomic E-state index is 13.6. The number of fused-ring (bicyclic) bond motifs is 1. The molecule has 25 heavy (non-hydrogen) atoms. The standard InChI is InChI=1S/C20H23FN4/c21-15-5-3-4-14(12-15)13-25-19-7-2-1-6-18(19)24-20(25)23-17-10-8-16(22)9-11-17/h1-7,12,16-17H,8-11,13,22H2,(H,23,24). The van der Waals surface area contributed by atoms with Gasteiger partial charge < -0.3 is 15.6 Å². The van der Waals surface area contributed by atoms with E-state index in [9.17, 15) is 4.39 Å². The number of halogens is 1. The number of nitrogens with zero attached hydrogens (tertiary/aromatic N) is 2. The fourth-order valence-corrected chi connectivity index (χ4v) is 3.61. The molecule has 1 aliphatic carbocycles. The maximum atomic E-state index is 13.6. The topological polar surface area (TPSA) is 55.9 Å². The van der Waals surface area contributed by atoms with Gasteiger partial charge in [0.2, 0.25) is 5.95 Å². The van der Waals surface area contributed by atoms with Crippen molar-refractivity contribution in [1.29, 1.82) is 0 Å². The van der Waals surface area contributed by atoms with Crippen LogP contribution in [0.15, 0.2) is 48.5 Å². The molecule has 3 N–H and O–H groups in total. The molecule has 4 rings (SSSR count). The van der Waals surface area contributed by atoms with Crippen molar-refractivity contribution in [2.24, 2.45) is 5.73 Å². The van der Waals surface area contributed by atoms with E-state index >= 15 is 0 Å². The van der Waals surface area contributed by atoms with E-state index in [-0.39, 0.29) is 5.82 Å². The molecule has 0 radical (unpaired) electrons. The second kappa shape index (κ2) is 6.84. The zero-order valence-electron chi connectivity index (χ0n) is 14.2. The number of anilines is 1. The van der Waals surface area contributed by atoms with Gasteiger partial charge in [0, 0.05) is 12.1 Å². The lowest BCUT2D eigenvalue weighted by Crippen LogP contribution is -2.33. The van der Waals surface area contributed by atoms with Gasteiger partial charge in [0.05, 0.1) is 17.6 Å². The molecule has 0 unspecified atom stereocenters. The lowest BCUT2D eigenvalue weighted by atomic mass is 9.92. The second-order valence-corrected chi connectivity index (χ2v) is 6.90. The quantitative estimate of drug-likeness (QED) is 0.758. The van der Waals surface area contributed by atoms with Crippen molar-refractivity contribution in [1.82, 2.24) is 9.55 Å². The van der Waals surface area contributed by atoms with Crippen LogP contribution in [-0.4, -0.2) is 21.6 Å². The first-order chi connectivity index (χ1) is 12.2. The molecule has 4 nitrogen and oxygen atoms in total. The Hall–Kier alpha value is -2.40. The number of aromatic nitrogens is 2. The summed E-state index contributed by atoms with van der Waals surface area (Å²) >= 11 is 0. The number of benzene rings is 2. The van der Waals surface area contributed by atoms with Crippen LogP contribution in [-0.2, 0) is 6.54 Å². The summed E-state index contributed by atoms with van der Waals surface area (Å²) in [6.45, 7) is 0.590. The molecule has 1 aliphatic rings.